The number of benzene rings is 2. The molecule has 0 aliphatic carbocycles. The molecule has 2 heterocycles. The lowest BCUT2D eigenvalue weighted by molar-refractivity contribution is -0.118. The van der Waals surface area contributed by atoms with Gasteiger partial charge in [0, 0.05) is 19.0 Å². The molecule has 156 valence electrons. The van der Waals surface area contributed by atoms with Gasteiger partial charge in [0.1, 0.15) is 5.75 Å². The third-order valence-electron chi connectivity index (χ3n) is 6.25. The zero-order chi connectivity index (χ0) is 20.8. The van der Waals surface area contributed by atoms with Crippen molar-refractivity contribution in [3.05, 3.63) is 59.7 Å². The van der Waals surface area contributed by atoms with Crippen molar-refractivity contribution in [1.29, 1.82) is 0 Å². The number of amides is 1. The van der Waals surface area contributed by atoms with Crippen molar-refractivity contribution in [2.24, 2.45) is 0 Å². The molecule has 2 aliphatic rings. The number of hydrogen-bond acceptors (Lipinski definition) is 3. The predicted octanol–water partition coefficient (Wildman–Crippen LogP) is 4.25. The van der Waals surface area contributed by atoms with E-state index in [2.05, 4.69) is 47.2 Å². The summed E-state index contributed by atoms with van der Waals surface area (Å²) in [4.78, 5) is 16.4. The first-order chi connectivity index (χ1) is 14.7. The van der Waals surface area contributed by atoms with Gasteiger partial charge >= 0.3 is 0 Å². The number of piperidine rings is 1. The maximum absolute atomic E-state index is 12.2. The van der Waals surface area contributed by atoms with Gasteiger partial charge in [-0.05, 0) is 61.9 Å². The van der Waals surface area contributed by atoms with E-state index in [9.17, 15) is 4.79 Å². The summed E-state index contributed by atoms with van der Waals surface area (Å²) in [5.41, 5.74) is 3.55. The van der Waals surface area contributed by atoms with Gasteiger partial charge in [-0.1, -0.05) is 42.3 Å². The highest BCUT2D eigenvalue weighted by Crippen LogP contribution is 2.31. The number of fused-ring (bicyclic) bond motifs is 1. The standard InChI is InChI=1S/C26H30N2O2/c1-2-15-28-25-20-24(11-9-23(25)10-12-26(28)29)30-19-6-16-27-17-13-22(14-18-27)21-7-4-3-5-8-21/h1,3-5,7-9,11,20,22H,6,10,12-19H2. The van der Waals surface area contributed by atoms with Crippen LogP contribution in [0.4, 0.5) is 5.69 Å². The minimum atomic E-state index is 0.0940. The smallest absolute Gasteiger partial charge is 0.228 e. The molecule has 0 N–H and O–H groups in total. The van der Waals surface area contributed by atoms with E-state index in [1.165, 1.54) is 24.0 Å². The van der Waals surface area contributed by atoms with Crippen molar-refractivity contribution in [1.82, 2.24) is 4.90 Å². The fraction of sp³-hybridized carbons (Fsp3) is 0.423. The number of terminal acetylenes is 1. The van der Waals surface area contributed by atoms with Crippen molar-refractivity contribution in [3.8, 4) is 18.1 Å². The van der Waals surface area contributed by atoms with E-state index in [1.807, 2.05) is 12.1 Å². The molecule has 0 bridgehead atoms. The molecule has 30 heavy (non-hydrogen) atoms. The lowest BCUT2D eigenvalue weighted by Gasteiger charge is -2.32. The molecule has 4 rings (SSSR count). The Hall–Kier alpha value is -2.77. The van der Waals surface area contributed by atoms with Crippen molar-refractivity contribution in [3.63, 3.8) is 0 Å². The molecule has 0 aromatic heterocycles. The number of likely N-dealkylation sites (tertiary alicyclic amines) is 1. The number of hydrogen-bond donors (Lipinski definition) is 0. The Balaban J connectivity index is 1.23. The van der Waals surface area contributed by atoms with Crippen LogP contribution in [0.3, 0.4) is 0 Å². The van der Waals surface area contributed by atoms with Crippen LogP contribution >= 0.6 is 0 Å². The fourth-order valence-electron chi connectivity index (χ4n) is 4.56. The number of aryl methyl sites for hydroxylation is 1. The molecule has 1 fully saturated rings. The van der Waals surface area contributed by atoms with E-state index in [1.54, 1.807) is 4.90 Å². The minimum Gasteiger partial charge on any atom is -0.493 e. The summed E-state index contributed by atoms with van der Waals surface area (Å²) in [5.74, 6) is 4.19. The second-order valence-corrected chi connectivity index (χ2v) is 8.20. The van der Waals surface area contributed by atoms with Gasteiger partial charge in [-0.2, -0.15) is 0 Å². The van der Waals surface area contributed by atoms with E-state index in [-0.39, 0.29) is 5.91 Å². The number of rotatable bonds is 7. The molecule has 0 saturated carbocycles. The molecule has 4 nitrogen and oxygen atoms in total. The van der Waals surface area contributed by atoms with E-state index in [0.29, 0.717) is 25.5 Å². The molecule has 0 unspecified atom stereocenters. The van der Waals surface area contributed by atoms with Crippen LogP contribution in [0.1, 0.15) is 42.7 Å². The Kier molecular flexibility index (Phi) is 6.71. The normalized spacial score (nSPS) is 17.4. The summed E-state index contributed by atoms with van der Waals surface area (Å²) in [5, 5.41) is 0. The number of anilines is 1. The van der Waals surface area contributed by atoms with Crippen LogP contribution in [-0.2, 0) is 11.2 Å². The van der Waals surface area contributed by atoms with E-state index >= 15 is 0 Å². The fourth-order valence-corrected chi connectivity index (χ4v) is 4.56. The van der Waals surface area contributed by atoms with Gasteiger partial charge in [-0.15, -0.1) is 6.42 Å². The van der Waals surface area contributed by atoms with Crippen LogP contribution < -0.4 is 9.64 Å². The highest BCUT2D eigenvalue weighted by molar-refractivity contribution is 5.97. The third-order valence-corrected chi connectivity index (χ3v) is 6.25. The Labute approximate surface area is 179 Å². The maximum Gasteiger partial charge on any atom is 0.228 e. The molecule has 0 atom stereocenters. The van der Waals surface area contributed by atoms with Crippen LogP contribution in [0.25, 0.3) is 0 Å². The van der Waals surface area contributed by atoms with Gasteiger partial charge < -0.3 is 14.5 Å². The highest BCUT2D eigenvalue weighted by Gasteiger charge is 2.24. The predicted molar refractivity (Wildman–Crippen MR) is 121 cm³/mol. The van der Waals surface area contributed by atoms with Gasteiger partial charge in [0.15, 0.2) is 0 Å². The van der Waals surface area contributed by atoms with E-state index in [0.717, 1.165) is 43.9 Å². The summed E-state index contributed by atoms with van der Waals surface area (Å²) in [6, 6.07) is 16.9. The van der Waals surface area contributed by atoms with Crippen molar-refractivity contribution in [2.75, 3.05) is 37.7 Å². The molecule has 2 aromatic carbocycles. The van der Waals surface area contributed by atoms with E-state index < -0.39 is 0 Å². The first-order valence-electron chi connectivity index (χ1n) is 11.0. The molecular weight excluding hydrogens is 372 g/mol. The zero-order valence-electron chi connectivity index (χ0n) is 17.6. The summed E-state index contributed by atoms with van der Waals surface area (Å²) in [7, 11) is 0. The Morgan fingerprint density at radius 3 is 2.63 bits per heavy atom. The SMILES string of the molecule is C#CCN1C(=O)CCc2ccc(OCCCN3CCC(c4ccccc4)CC3)cc21. The summed E-state index contributed by atoms with van der Waals surface area (Å²) in [6.07, 6.45) is 10.2. The topological polar surface area (TPSA) is 32.8 Å². The average molecular weight is 403 g/mol. The lowest BCUT2D eigenvalue weighted by Crippen LogP contribution is -2.35. The molecule has 2 aromatic rings. The molecule has 1 saturated heterocycles. The van der Waals surface area contributed by atoms with Crippen molar-refractivity contribution >= 4 is 11.6 Å². The first-order valence-corrected chi connectivity index (χ1v) is 11.0. The monoisotopic (exact) mass is 402 g/mol. The molecule has 1 amide bonds. The largest absolute Gasteiger partial charge is 0.493 e. The summed E-state index contributed by atoms with van der Waals surface area (Å²) in [6.45, 7) is 4.37. The van der Waals surface area contributed by atoms with Crippen LogP contribution in [0.2, 0.25) is 0 Å². The number of nitrogens with zero attached hydrogens (tertiary/aromatic N) is 2. The molecular formula is C26H30N2O2. The number of ether oxygens (including phenoxy) is 1. The van der Waals surface area contributed by atoms with Crippen molar-refractivity contribution < 1.29 is 9.53 Å². The second kappa shape index (κ2) is 9.82. The highest BCUT2D eigenvalue weighted by atomic mass is 16.5. The summed E-state index contributed by atoms with van der Waals surface area (Å²) >= 11 is 0. The van der Waals surface area contributed by atoms with Gasteiger partial charge in [0.05, 0.1) is 18.8 Å². The summed E-state index contributed by atoms with van der Waals surface area (Å²) < 4.78 is 6.00. The van der Waals surface area contributed by atoms with Gasteiger partial charge in [0.25, 0.3) is 0 Å². The Bertz CT molecular complexity index is 895. The number of carbonyl (C=O) groups excluding carboxylic acids is 1. The molecule has 0 radical (unpaired) electrons. The Morgan fingerprint density at radius 1 is 1.07 bits per heavy atom. The van der Waals surface area contributed by atoms with Crippen LogP contribution in [0.15, 0.2) is 48.5 Å². The Morgan fingerprint density at radius 2 is 1.87 bits per heavy atom. The van der Waals surface area contributed by atoms with E-state index in [4.69, 9.17) is 11.2 Å². The maximum atomic E-state index is 12.2. The van der Waals surface area contributed by atoms with Gasteiger partial charge in [-0.3, -0.25) is 4.79 Å². The molecule has 0 spiro atoms. The van der Waals surface area contributed by atoms with Crippen LogP contribution in [-0.4, -0.2) is 43.6 Å². The van der Waals surface area contributed by atoms with Gasteiger partial charge in [0.2, 0.25) is 5.91 Å². The van der Waals surface area contributed by atoms with Gasteiger partial charge in [-0.25, -0.2) is 0 Å². The van der Waals surface area contributed by atoms with Crippen molar-refractivity contribution in [2.45, 2.75) is 38.0 Å². The minimum absolute atomic E-state index is 0.0940. The lowest BCUT2D eigenvalue weighted by atomic mass is 9.89. The quantitative estimate of drug-likeness (QED) is 0.513. The molecule has 2 aliphatic heterocycles. The zero-order valence-corrected chi connectivity index (χ0v) is 17.6. The van der Waals surface area contributed by atoms with Crippen LogP contribution in [0.5, 0.6) is 5.75 Å². The van der Waals surface area contributed by atoms with Crippen LogP contribution in [0, 0.1) is 12.3 Å². The second-order valence-electron chi connectivity index (χ2n) is 8.20. The average Bonchev–Trinajstić information content (AvgIpc) is 2.80. The first kappa shape index (κ1) is 20.5. The third kappa shape index (κ3) is 4.86. The molecule has 4 heteroatoms. The number of carbonyl (C=O) groups is 1.